The minimum atomic E-state index is -0.398. The van der Waals surface area contributed by atoms with E-state index in [1.807, 2.05) is 0 Å². The third kappa shape index (κ3) is 3.67. The van der Waals surface area contributed by atoms with Crippen LogP contribution in [0.25, 0.3) is 10.9 Å². The number of fused-ring (bicyclic) bond motifs is 1. The van der Waals surface area contributed by atoms with Gasteiger partial charge in [-0.1, -0.05) is 18.2 Å². The number of carbonyl (C=O) groups excluding carboxylic acids is 1. The van der Waals surface area contributed by atoms with E-state index in [1.165, 1.54) is 28.8 Å². The molecule has 0 aliphatic heterocycles. The number of benzene rings is 2. The van der Waals surface area contributed by atoms with Gasteiger partial charge in [-0.2, -0.15) is 0 Å². The van der Waals surface area contributed by atoms with Crippen molar-refractivity contribution in [2.24, 2.45) is 16.0 Å². The number of carbonyl (C=O) groups is 1. The van der Waals surface area contributed by atoms with Crippen molar-refractivity contribution in [3.05, 3.63) is 54.3 Å². The zero-order valence-corrected chi connectivity index (χ0v) is 14.2. The largest absolute Gasteiger partial charge is 0.493 e. The highest BCUT2D eigenvalue weighted by Gasteiger charge is 2.18. The molecular weight excluding hydrogens is 357 g/mol. The van der Waals surface area contributed by atoms with Gasteiger partial charge in [0.05, 0.1) is 5.52 Å². The van der Waals surface area contributed by atoms with Crippen LogP contribution in [0.1, 0.15) is 0 Å². The Morgan fingerprint density at radius 3 is 2.62 bits per heavy atom. The molecular formula is C17H14FN5O2S. The SMILES string of the molecule is NC(=S)N=Nc1c(O)n(CC(=O)Nc2ccc(F)cc2)c2ccccc12. The zero-order valence-electron chi connectivity index (χ0n) is 13.4. The number of anilines is 1. The third-order valence-electron chi connectivity index (χ3n) is 3.60. The van der Waals surface area contributed by atoms with Gasteiger partial charge in [-0.3, -0.25) is 4.79 Å². The van der Waals surface area contributed by atoms with E-state index in [4.69, 9.17) is 5.73 Å². The molecule has 26 heavy (non-hydrogen) atoms. The van der Waals surface area contributed by atoms with Gasteiger partial charge >= 0.3 is 0 Å². The molecule has 0 fully saturated rings. The van der Waals surface area contributed by atoms with Gasteiger partial charge in [-0.25, -0.2) is 4.39 Å². The Balaban J connectivity index is 1.92. The maximum absolute atomic E-state index is 12.9. The van der Waals surface area contributed by atoms with Gasteiger partial charge in [0.25, 0.3) is 0 Å². The molecule has 0 spiro atoms. The quantitative estimate of drug-likeness (QED) is 0.482. The topological polar surface area (TPSA) is 105 Å². The molecule has 1 aromatic heterocycles. The Morgan fingerprint density at radius 1 is 1.23 bits per heavy atom. The Morgan fingerprint density at radius 2 is 1.92 bits per heavy atom. The van der Waals surface area contributed by atoms with Crippen molar-refractivity contribution in [1.82, 2.24) is 4.57 Å². The van der Waals surface area contributed by atoms with Crippen LogP contribution in [0.3, 0.4) is 0 Å². The highest BCUT2D eigenvalue weighted by atomic mass is 32.1. The molecule has 0 bridgehead atoms. The van der Waals surface area contributed by atoms with Crippen molar-refractivity contribution in [2.45, 2.75) is 6.54 Å². The molecule has 0 aliphatic carbocycles. The molecule has 1 amide bonds. The molecule has 0 saturated heterocycles. The molecule has 0 atom stereocenters. The van der Waals surface area contributed by atoms with Crippen LogP contribution >= 0.6 is 12.2 Å². The summed E-state index contributed by atoms with van der Waals surface area (Å²) < 4.78 is 14.3. The van der Waals surface area contributed by atoms with Gasteiger partial charge in [-0.15, -0.1) is 10.2 Å². The number of amides is 1. The van der Waals surface area contributed by atoms with Crippen molar-refractivity contribution in [3.8, 4) is 5.88 Å². The lowest BCUT2D eigenvalue weighted by atomic mass is 10.2. The number of thiocarbonyl (C=S) groups is 1. The van der Waals surface area contributed by atoms with Crippen LogP contribution in [0.15, 0.2) is 58.8 Å². The summed E-state index contributed by atoms with van der Waals surface area (Å²) >= 11 is 4.66. The summed E-state index contributed by atoms with van der Waals surface area (Å²) in [6.07, 6.45) is 0. The number of rotatable bonds is 4. The van der Waals surface area contributed by atoms with Gasteiger partial charge in [0.2, 0.25) is 16.9 Å². The van der Waals surface area contributed by atoms with Gasteiger partial charge < -0.3 is 20.7 Å². The average Bonchev–Trinajstić information content (AvgIpc) is 2.87. The van der Waals surface area contributed by atoms with Crippen LogP contribution in [0.4, 0.5) is 15.8 Å². The molecule has 4 N–H and O–H groups in total. The molecule has 3 aromatic rings. The second-order valence-electron chi connectivity index (χ2n) is 5.37. The zero-order chi connectivity index (χ0) is 18.7. The first-order valence-electron chi connectivity index (χ1n) is 7.52. The number of nitrogens with one attached hydrogen (secondary N) is 1. The van der Waals surface area contributed by atoms with Crippen molar-refractivity contribution >= 4 is 45.5 Å². The van der Waals surface area contributed by atoms with Crippen LogP contribution in [-0.2, 0) is 11.3 Å². The van der Waals surface area contributed by atoms with E-state index >= 15 is 0 Å². The molecule has 1 heterocycles. The summed E-state index contributed by atoms with van der Waals surface area (Å²) in [6.45, 7) is -0.174. The monoisotopic (exact) mass is 371 g/mol. The fraction of sp³-hybridized carbons (Fsp3) is 0.0588. The third-order valence-corrected chi connectivity index (χ3v) is 3.68. The van der Waals surface area contributed by atoms with E-state index in [0.29, 0.717) is 16.6 Å². The van der Waals surface area contributed by atoms with Gasteiger partial charge in [0.1, 0.15) is 12.4 Å². The van der Waals surface area contributed by atoms with E-state index in [2.05, 4.69) is 27.8 Å². The number of aromatic hydroxyl groups is 1. The van der Waals surface area contributed by atoms with Crippen molar-refractivity contribution in [1.29, 1.82) is 0 Å². The molecule has 0 unspecified atom stereocenters. The van der Waals surface area contributed by atoms with Crippen LogP contribution < -0.4 is 11.1 Å². The number of nitrogens with two attached hydrogens (primary N) is 1. The van der Waals surface area contributed by atoms with E-state index < -0.39 is 11.7 Å². The summed E-state index contributed by atoms with van der Waals surface area (Å²) in [6, 6.07) is 12.4. The van der Waals surface area contributed by atoms with Gasteiger partial charge in [-0.05, 0) is 42.5 Å². The number of para-hydroxylation sites is 1. The summed E-state index contributed by atoms with van der Waals surface area (Å²) in [7, 11) is 0. The molecule has 0 saturated carbocycles. The summed E-state index contributed by atoms with van der Waals surface area (Å²) in [5.41, 5.74) is 6.52. The van der Waals surface area contributed by atoms with Crippen LogP contribution in [0.2, 0.25) is 0 Å². The van der Waals surface area contributed by atoms with E-state index in [-0.39, 0.29) is 23.2 Å². The fourth-order valence-corrected chi connectivity index (χ4v) is 2.55. The molecule has 132 valence electrons. The van der Waals surface area contributed by atoms with Crippen LogP contribution in [0.5, 0.6) is 5.88 Å². The molecule has 9 heteroatoms. The highest BCUT2D eigenvalue weighted by molar-refractivity contribution is 7.80. The number of azo groups is 1. The number of nitrogens with zero attached hydrogens (tertiary/aromatic N) is 3. The lowest BCUT2D eigenvalue weighted by molar-refractivity contribution is -0.116. The van der Waals surface area contributed by atoms with Gasteiger partial charge in [0.15, 0.2) is 5.69 Å². The summed E-state index contributed by atoms with van der Waals surface area (Å²) in [5.74, 6) is -1.03. The van der Waals surface area contributed by atoms with Crippen LogP contribution in [0, 0.1) is 5.82 Å². The first-order chi connectivity index (χ1) is 12.5. The Hall–Kier alpha value is -3.33. The first kappa shape index (κ1) is 17.5. The average molecular weight is 371 g/mol. The Labute approximate surface area is 153 Å². The highest BCUT2D eigenvalue weighted by Crippen LogP contribution is 2.38. The predicted molar refractivity (Wildman–Crippen MR) is 99.9 cm³/mol. The molecule has 2 aromatic carbocycles. The molecule has 3 rings (SSSR count). The molecule has 0 radical (unpaired) electrons. The smallest absolute Gasteiger partial charge is 0.244 e. The summed E-state index contributed by atoms with van der Waals surface area (Å²) in [5, 5.41) is 21.0. The Bertz CT molecular complexity index is 1010. The maximum Gasteiger partial charge on any atom is 0.244 e. The van der Waals surface area contributed by atoms with E-state index in [1.54, 1.807) is 24.3 Å². The van der Waals surface area contributed by atoms with Crippen molar-refractivity contribution < 1.29 is 14.3 Å². The van der Waals surface area contributed by atoms with Crippen molar-refractivity contribution in [2.75, 3.05) is 5.32 Å². The second kappa shape index (κ2) is 7.28. The second-order valence-corrected chi connectivity index (χ2v) is 5.79. The summed E-state index contributed by atoms with van der Waals surface area (Å²) in [4.78, 5) is 12.3. The standard InChI is InChI=1S/C17H14FN5O2S/c18-10-5-7-11(8-6-10)20-14(24)9-23-13-4-2-1-3-12(13)15(16(23)25)21-22-17(19)26/h1-8,25H,9H2,(H2,19,26)(H,20,24). The number of hydrogen-bond acceptors (Lipinski definition) is 4. The lowest BCUT2D eigenvalue weighted by Crippen LogP contribution is -2.18. The van der Waals surface area contributed by atoms with E-state index in [0.717, 1.165) is 0 Å². The minimum absolute atomic E-state index is 0.169. The molecule has 0 aliphatic rings. The van der Waals surface area contributed by atoms with Crippen LogP contribution in [-0.4, -0.2) is 20.7 Å². The normalized spacial score (nSPS) is 11.1. The number of halogens is 1. The number of hydrogen-bond donors (Lipinski definition) is 3. The lowest BCUT2D eigenvalue weighted by Gasteiger charge is -2.08. The minimum Gasteiger partial charge on any atom is -0.493 e. The van der Waals surface area contributed by atoms with E-state index in [9.17, 15) is 14.3 Å². The first-order valence-corrected chi connectivity index (χ1v) is 7.93. The predicted octanol–water partition coefficient (Wildman–Crippen LogP) is 3.45. The van der Waals surface area contributed by atoms with Gasteiger partial charge in [0, 0.05) is 11.1 Å². The Kier molecular flexibility index (Phi) is 4.90. The number of aromatic nitrogens is 1. The van der Waals surface area contributed by atoms with Crippen molar-refractivity contribution in [3.63, 3.8) is 0 Å². The maximum atomic E-state index is 12.9. The molecule has 7 nitrogen and oxygen atoms in total. The fourth-order valence-electron chi connectivity index (χ4n) is 2.51.